The standard InChI is InChI=1S/C34H27ClFN9O/c35-28-19(30-32-33(44-43-30)42-34(26(15-46)41-32)45-17-8-11-27(45)29(36)21(37)13-17)9-10-24-31(28)40-25(14-38-24)18-5-3-7-23-20(18)12-16-4-1-2-6-22(16)39-23/h1-7,9-10,12,14,17,21,27,29,46H,8,11,13,15,37H2,(H,42,43,44)/t17-,21-,27+,29-/m0/s1. The lowest BCUT2D eigenvalue weighted by molar-refractivity contribution is 0.202. The molecule has 0 amide bonds. The molecule has 7 aromatic rings. The minimum Gasteiger partial charge on any atom is -0.390 e. The van der Waals surface area contributed by atoms with Gasteiger partial charge in [0.15, 0.2) is 5.82 Å². The Kier molecular flexibility index (Phi) is 6.18. The van der Waals surface area contributed by atoms with Crippen LogP contribution >= 0.6 is 11.6 Å². The van der Waals surface area contributed by atoms with Gasteiger partial charge in [-0.25, -0.2) is 24.3 Å². The van der Waals surface area contributed by atoms with E-state index in [1.165, 1.54) is 0 Å². The number of pyridine rings is 1. The van der Waals surface area contributed by atoms with Gasteiger partial charge < -0.3 is 15.7 Å². The number of H-pyrrole nitrogens is 1. The molecule has 0 unspecified atom stereocenters. The lowest BCUT2D eigenvalue weighted by Gasteiger charge is -2.41. The summed E-state index contributed by atoms with van der Waals surface area (Å²) in [4.78, 5) is 26.1. The quantitative estimate of drug-likeness (QED) is 0.203. The third kappa shape index (κ3) is 4.08. The third-order valence-corrected chi connectivity index (χ3v) is 9.84. The van der Waals surface area contributed by atoms with E-state index >= 15 is 4.39 Å². The maximum Gasteiger partial charge on any atom is 0.202 e. The summed E-state index contributed by atoms with van der Waals surface area (Å²) in [6, 6.07) is 18.9. The molecule has 0 radical (unpaired) electrons. The average Bonchev–Trinajstić information content (AvgIpc) is 3.65. The second kappa shape index (κ2) is 10.3. The molecule has 4 atom stereocenters. The van der Waals surface area contributed by atoms with Crippen molar-refractivity contribution in [3.8, 4) is 22.5 Å². The second-order valence-corrected chi connectivity index (χ2v) is 12.5. The van der Waals surface area contributed by atoms with Gasteiger partial charge in [-0.2, -0.15) is 5.10 Å². The summed E-state index contributed by atoms with van der Waals surface area (Å²) < 4.78 is 15.1. The van der Waals surface area contributed by atoms with Gasteiger partial charge in [-0.1, -0.05) is 41.9 Å². The number of anilines is 1. The van der Waals surface area contributed by atoms with Crippen molar-refractivity contribution in [3.63, 3.8) is 0 Å². The number of aliphatic hydroxyl groups excluding tert-OH is 1. The predicted octanol–water partition coefficient (Wildman–Crippen LogP) is 5.88. The molecule has 0 saturated carbocycles. The van der Waals surface area contributed by atoms with Gasteiger partial charge >= 0.3 is 0 Å². The van der Waals surface area contributed by atoms with Crippen LogP contribution in [0.5, 0.6) is 0 Å². The van der Waals surface area contributed by atoms with Crippen LogP contribution in [0.4, 0.5) is 10.2 Å². The minimum atomic E-state index is -1.18. The highest BCUT2D eigenvalue weighted by molar-refractivity contribution is 6.38. The van der Waals surface area contributed by atoms with Gasteiger partial charge in [-0.05, 0) is 49.6 Å². The molecule has 2 aliphatic heterocycles. The van der Waals surface area contributed by atoms with E-state index in [0.717, 1.165) is 33.8 Å². The number of piperidine rings is 1. The first-order chi connectivity index (χ1) is 22.5. The van der Waals surface area contributed by atoms with Crippen molar-refractivity contribution in [2.75, 3.05) is 4.90 Å². The number of nitrogens with zero attached hydrogens (tertiary/aromatic N) is 7. The third-order valence-electron chi connectivity index (χ3n) is 9.46. The number of rotatable bonds is 4. The number of fused-ring (bicyclic) bond motifs is 6. The van der Waals surface area contributed by atoms with Crippen molar-refractivity contribution in [1.29, 1.82) is 0 Å². The topological polar surface area (TPSA) is 143 Å². The van der Waals surface area contributed by atoms with E-state index in [1.54, 1.807) is 6.20 Å². The molecule has 10 nitrogen and oxygen atoms in total. The largest absolute Gasteiger partial charge is 0.390 e. The second-order valence-electron chi connectivity index (χ2n) is 12.1. The monoisotopic (exact) mass is 631 g/mol. The van der Waals surface area contributed by atoms with Crippen molar-refractivity contribution < 1.29 is 9.50 Å². The van der Waals surface area contributed by atoms with Crippen molar-refractivity contribution in [3.05, 3.63) is 77.6 Å². The maximum atomic E-state index is 15.1. The van der Waals surface area contributed by atoms with Crippen molar-refractivity contribution >= 4 is 61.4 Å². The summed E-state index contributed by atoms with van der Waals surface area (Å²) in [5.74, 6) is 0.451. The number of hydrogen-bond acceptors (Lipinski definition) is 9. The van der Waals surface area contributed by atoms with Crippen LogP contribution in [-0.2, 0) is 6.61 Å². The number of aliphatic hydroxyl groups is 1. The summed E-state index contributed by atoms with van der Waals surface area (Å²) in [5.41, 5.74) is 12.9. The molecular weight excluding hydrogens is 605 g/mol. The number of hydrogen-bond donors (Lipinski definition) is 3. The Morgan fingerprint density at radius 2 is 1.80 bits per heavy atom. The van der Waals surface area contributed by atoms with Crippen LogP contribution in [0.1, 0.15) is 25.0 Å². The molecule has 4 aromatic heterocycles. The SMILES string of the molecule is N[C@H]1C[C@@H]2CC[C@H]([C@H]1F)N2c1nc2n[nH]c(-c3ccc4ncc(-c5cccc6nc7ccccc7cc56)nc4c3Cl)c2nc1CO. The summed E-state index contributed by atoms with van der Waals surface area (Å²) in [6.45, 7) is -0.364. The summed E-state index contributed by atoms with van der Waals surface area (Å²) in [7, 11) is 0. The Morgan fingerprint density at radius 1 is 0.935 bits per heavy atom. The van der Waals surface area contributed by atoms with Gasteiger partial charge in [0.1, 0.15) is 22.9 Å². The Labute approximate surface area is 266 Å². The number of benzene rings is 3. The van der Waals surface area contributed by atoms with E-state index in [4.69, 9.17) is 42.3 Å². The van der Waals surface area contributed by atoms with E-state index in [0.29, 0.717) is 68.5 Å². The van der Waals surface area contributed by atoms with Crippen LogP contribution in [-0.4, -0.2) is 64.5 Å². The first-order valence-electron chi connectivity index (χ1n) is 15.3. The zero-order chi connectivity index (χ0) is 31.1. The van der Waals surface area contributed by atoms with Gasteiger partial charge in [-0.3, -0.25) is 10.1 Å². The Balaban J connectivity index is 1.15. The number of nitrogens with one attached hydrogen (secondary N) is 1. The number of aromatic nitrogens is 7. The van der Waals surface area contributed by atoms with Crippen LogP contribution in [0.15, 0.2) is 66.9 Å². The van der Waals surface area contributed by atoms with Crippen LogP contribution in [0, 0.1) is 0 Å². The lowest BCUT2D eigenvalue weighted by Crippen LogP contribution is -2.56. The number of nitrogens with two attached hydrogens (primary N) is 1. The molecule has 4 N–H and O–H groups in total. The van der Waals surface area contributed by atoms with E-state index in [9.17, 15) is 5.11 Å². The summed E-state index contributed by atoms with van der Waals surface area (Å²) >= 11 is 7.07. The molecular formula is C34H27ClFN9O. The highest BCUT2D eigenvalue weighted by Gasteiger charge is 2.48. The van der Waals surface area contributed by atoms with E-state index in [-0.39, 0.29) is 12.6 Å². The Bertz CT molecular complexity index is 2350. The van der Waals surface area contributed by atoms with E-state index in [1.807, 2.05) is 59.5 Å². The van der Waals surface area contributed by atoms with Crippen LogP contribution < -0.4 is 10.6 Å². The van der Waals surface area contributed by atoms with Gasteiger partial charge in [0.05, 0.1) is 51.8 Å². The van der Waals surface area contributed by atoms with Crippen LogP contribution in [0.2, 0.25) is 5.02 Å². The maximum absolute atomic E-state index is 15.1. The Hall–Kier alpha value is -4.84. The summed E-state index contributed by atoms with van der Waals surface area (Å²) in [5, 5.41) is 20.2. The molecule has 46 heavy (non-hydrogen) atoms. The molecule has 12 heteroatoms. The molecule has 2 fully saturated rings. The molecule has 0 aliphatic carbocycles. The molecule has 0 spiro atoms. The average molecular weight is 632 g/mol. The Morgan fingerprint density at radius 3 is 2.70 bits per heavy atom. The van der Waals surface area contributed by atoms with Crippen molar-refractivity contribution in [2.24, 2.45) is 5.73 Å². The molecule has 6 heterocycles. The zero-order valence-electron chi connectivity index (χ0n) is 24.4. The number of alkyl halides is 1. The summed E-state index contributed by atoms with van der Waals surface area (Å²) in [6.07, 6.45) is 2.59. The molecule has 2 saturated heterocycles. The fourth-order valence-corrected chi connectivity index (χ4v) is 7.56. The van der Waals surface area contributed by atoms with Gasteiger partial charge in [0.2, 0.25) is 5.65 Å². The number of para-hydroxylation sites is 1. The first kappa shape index (κ1) is 27.5. The van der Waals surface area contributed by atoms with Gasteiger partial charge in [-0.15, -0.1) is 0 Å². The molecule has 9 rings (SSSR count). The fourth-order valence-electron chi connectivity index (χ4n) is 7.27. The van der Waals surface area contributed by atoms with Crippen LogP contribution in [0.25, 0.3) is 66.5 Å². The predicted molar refractivity (Wildman–Crippen MR) is 176 cm³/mol. The van der Waals surface area contributed by atoms with Gasteiger partial charge in [0.25, 0.3) is 0 Å². The molecule has 2 bridgehead atoms. The number of aromatic amines is 1. The highest BCUT2D eigenvalue weighted by Crippen LogP contribution is 2.42. The number of halogens is 2. The normalized spacial score (nSPS) is 21.3. The lowest BCUT2D eigenvalue weighted by atomic mass is 9.96. The minimum absolute atomic E-state index is 0.0430. The smallest absolute Gasteiger partial charge is 0.202 e. The van der Waals surface area contributed by atoms with Gasteiger partial charge in [0, 0.05) is 34.0 Å². The fraction of sp³-hybridized carbons (Fsp3) is 0.235. The zero-order valence-corrected chi connectivity index (χ0v) is 25.2. The highest BCUT2D eigenvalue weighted by atomic mass is 35.5. The molecule has 3 aromatic carbocycles. The van der Waals surface area contributed by atoms with Crippen molar-refractivity contribution in [2.45, 2.75) is 50.2 Å². The molecule has 2 aliphatic rings. The first-order valence-corrected chi connectivity index (χ1v) is 15.6. The van der Waals surface area contributed by atoms with E-state index < -0.39 is 18.3 Å². The van der Waals surface area contributed by atoms with Crippen molar-refractivity contribution in [1.82, 2.24) is 35.1 Å². The molecule has 228 valence electrons. The van der Waals surface area contributed by atoms with E-state index in [2.05, 4.69) is 16.3 Å². The van der Waals surface area contributed by atoms with Crippen LogP contribution in [0.3, 0.4) is 0 Å².